The topological polar surface area (TPSA) is 156 Å². The molecule has 22 heavy (non-hydrogen) atoms. The minimum Gasteiger partial charge on any atom is -0.412 e. The molecule has 8 nitrogen and oxygen atoms in total. The second-order valence-electron chi connectivity index (χ2n) is 4.89. The van der Waals surface area contributed by atoms with Gasteiger partial charge in [-0.15, -0.1) is 0 Å². The summed E-state index contributed by atoms with van der Waals surface area (Å²) in [5, 5.41) is 0. The van der Waals surface area contributed by atoms with Crippen LogP contribution in [0.1, 0.15) is 71.6 Å². The molecule has 0 fully saturated rings. The molecule has 138 valence electrons. The van der Waals surface area contributed by atoms with Crippen LogP contribution in [-0.4, -0.2) is 31.4 Å². The van der Waals surface area contributed by atoms with Gasteiger partial charge in [0.15, 0.2) is 6.35 Å². The summed E-state index contributed by atoms with van der Waals surface area (Å²) in [4.78, 5) is 31.9. The van der Waals surface area contributed by atoms with E-state index in [2.05, 4.69) is 18.4 Å². The van der Waals surface area contributed by atoms with Crippen LogP contribution in [0.2, 0.25) is 0 Å². The maximum atomic E-state index is 9.90. The van der Waals surface area contributed by atoms with Crippen LogP contribution >= 0.6 is 15.4 Å². The van der Waals surface area contributed by atoms with Gasteiger partial charge in [-0.3, -0.25) is 9.09 Å². The molecule has 0 amide bonds. The summed E-state index contributed by atoms with van der Waals surface area (Å²) in [6.07, 6.45) is 11.7. The lowest BCUT2D eigenvalue weighted by Gasteiger charge is -2.05. The van der Waals surface area contributed by atoms with E-state index >= 15 is 0 Å². The first kappa shape index (κ1) is 27.1. The van der Waals surface area contributed by atoms with Gasteiger partial charge in [-0.1, -0.05) is 71.6 Å². The molecule has 0 spiro atoms. The van der Waals surface area contributed by atoms with Crippen LogP contribution in [0.5, 0.6) is 0 Å². The number of unbranched alkanes of at least 4 members (excludes halogenated alkanes) is 8. The minimum atomic E-state index is -4.75. The van der Waals surface area contributed by atoms with Gasteiger partial charge in [0.25, 0.3) is 0 Å². The van der Waals surface area contributed by atoms with Gasteiger partial charge in [0, 0.05) is 0 Å². The molecule has 10 heteroatoms. The van der Waals surface area contributed by atoms with Gasteiger partial charge in [-0.05, 0) is 0 Å². The van der Waals surface area contributed by atoms with E-state index in [0.717, 1.165) is 0 Å². The van der Waals surface area contributed by atoms with Gasteiger partial charge in [0.2, 0.25) is 0 Å². The van der Waals surface area contributed by atoms with Crippen LogP contribution in [0.4, 0.5) is 0 Å². The summed E-state index contributed by atoms with van der Waals surface area (Å²) in [6.45, 7) is 4.55. The second kappa shape index (κ2) is 16.1. The molecule has 0 saturated carbocycles. The molecule has 0 aromatic rings. The highest BCUT2D eigenvalue weighted by atomic mass is 31.2. The highest BCUT2D eigenvalue weighted by Gasteiger charge is 2.21. The number of hydrogen-bond donors (Lipinski definition) is 4. The number of rotatable bonds is 11. The standard InChI is InChI=1S/C11H24.CH6O7P2.H2O/c1-3-5-7-9-11-10-8-6-4-2;2-9(3,4)1-8-10(5,6)7;/h3-11H2,1-2H3;1H2,(H2,2,3,4)(H2,5,6,7);1H2. The molecule has 0 aromatic heterocycles. The number of hydrogen-bond acceptors (Lipinski definition) is 3. The lowest BCUT2D eigenvalue weighted by Crippen LogP contribution is -1.92. The first-order valence-corrected chi connectivity index (χ1v) is 10.7. The highest BCUT2D eigenvalue weighted by molar-refractivity contribution is 7.53. The van der Waals surface area contributed by atoms with Crippen LogP contribution < -0.4 is 0 Å². The SMILES string of the molecule is CCCCCCCCCCC.O.O=P(O)(O)COP(=O)(O)O. The average Bonchev–Trinajstić information content (AvgIpc) is 2.35. The molecule has 0 rings (SSSR count). The molecule has 0 aromatic carbocycles. The first-order valence-electron chi connectivity index (χ1n) is 7.37. The molecule has 0 aliphatic carbocycles. The van der Waals surface area contributed by atoms with Crippen LogP contribution in [0.3, 0.4) is 0 Å². The lowest BCUT2D eigenvalue weighted by atomic mass is 10.1. The Hall–Kier alpha value is 0.220. The van der Waals surface area contributed by atoms with Crippen LogP contribution in [0.25, 0.3) is 0 Å². The molecular weight excluding hydrogens is 334 g/mol. The monoisotopic (exact) mass is 366 g/mol. The Bertz CT molecular complexity index is 282. The molecule has 0 atom stereocenters. The van der Waals surface area contributed by atoms with E-state index < -0.39 is 21.8 Å². The summed E-state index contributed by atoms with van der Waals surface area (Å²) in [6, 6.07) is 0. The Kier molecular flexibility index (Phi) is 19.8. The summed E-state index contributed by atoms with van der Waals surface area (Å²) < 4.78 is 23.2. The lowest BCUT2D eigenvalue weighted by molar-refractivity contribution is 0.207. The molecule has 0 bridgehead atoms. The Balaban J connectivity index is -0.000000315. The van der Waals surface area contributed by atoms with Crippen molar-refractivity contribution in [1.82, 2.24) is 0 Å². The van der Waals surface area contributed by atoms with Crippen molar-refractivity contribution in [1.29, 1.82) is 0 Å². The molecule has 0 heterocycles. The van der Waals surface area contributed by atoms with Gasteiger partial charge >= 0.3 is 15.4 Å². The fraction of sp³-hybridized carbons (Fsp3) is 1.00. The maximum Gasteiger partial charge on any atom is 0.470 e. The predicted octanol–water partition coefficient (Wildman–Crippen LogP) is 2.94. The van der Waals surface area contributed by atoms with Gasteiger partial charge in [-0.25, -0.2) is 4.57 Å². The van der Waals surface area contributed by atoms with Crippen molar-refractivity contribution < 1.29 is 38.7 Å². The Morgan fingerprint density at radius 3 is 1.23 bits per heavy atom. The zero-order chi connectivity index (χ0) is 16.8. The average molecular weight is 366 g/mol. The van der Waals surface area contributed by atoms with E-state index in [9.17, 15) is 9.13 Å². The number of phosphoric ester groups is 1. The normalized spacial score (nSPS) is 11.4. The molecule has 0 saturated heterocycles. The fourth-order valence-corrected chi connectivity index (χ4v) is 2.74. The van der Waals surface area contributed by atoms with E-state index in [1.54, 1.807) is 0 Å². The van der Waals surface area contributed by atoms with Crippen molar-refractivity contribution in [3.63, 3.8) is 0 Å². The van der Waals surface area contributed by atoms with Crippen molar-refractivity contribution >= 4 is 15.4 Å². The minimum absolute atomic E-state index is 0. The molecule has 0 aliphatic rings. The van der Waals surface area contributed by atoms with Crippen LogP contribution in [0, 0.1) is 0 Å². The van der Waals surface area contributed by atoms with E-state index in [0.29, 0.717) is 0 Å². The quantitative estimate of drug-likeness (QED) is 0.323. The van der Waals surface area contributed by atoms with Gasteiger partial charge in [0.05, 0.1) is 0 Å². The molecule has 0 unspecified atom stereocenters. The fourth-order valence-electron chi connectivity index (χ4n) is 1.53. The third-order valence-corrected chi connectivity index (χ3v) is 3.74. The zero-order valence-electron chi connectivity index (χ0n) is 13.5. The van der Waals surface area contributed by atoms with E-state index in [1.165, 1.54) is 57.8 Å². The molecular formula is C12H32O8P2. The Morgan fingerprint density at radius 2 is 1.05 bits per heavy atom. The summed E-state index contributed by atoms with van der Waals surface area (Å²) >= 11 is 0. The van der Waals surface area contributed by atoms with Crippen molar-refractivity contribution in [2.45, 2.75) is 71.6 Å². The Labute approximate surface area is 133 Å². The smallest absolute Gasteiger partial charge is 0.412 e. The zero-order valence-corrected chi connectivity index (χ0v) is 15.3. The van der Waals surface area contributed by atoms with E-state index in [4.69, 9.17) is 19.6 Å². The van der Waals surface area contributed by atoms with Crippen LogP contribution in [-0.2, 0) is 13.7 Å². The van der Waals surface area contributed by atoms with Crippen molar-refractivity contribution in [2.75, 3.05) is 6.35 Å². The van der Waals surface area contributed by atoms with Gasteiger partial charge < -0.3 is 25.0 Å². The summed E-state index contributed by atoms with van der Waals surface area (Å²) in [5.74, 6) is 0. The van der Waals surface area contributed by atoms with Crippen molar-refractivity contribution in [3.8, 4) is 0 Å². The predicted molar refractivity (Wildman–Crippen MR) is 86.6 cm³/mol. The van der Waals surface area contributed by atoms with Crippen LogP contribution in [0.15, 0.2) is 0 Å². The largest absolute Gasteiger partial charge is 0.470 e. The molecule has 0 radical (unpaired) electrons. The third-order valence-electron chi connectivity index (χ3n) is 2.60. The maximum absolute atomic E-state index is 9.90. The summed E-state index contributed by atoms with van der Waals surface area (Å²) in [7, 11) is -9.23. The first-order chi connectivity index (χ1) is 9.62. The Morgan fingerprint density at radius 1 is 0.727 bits per heavy atom. The van der Waals surface area contributed by atoms with E-state index in [1.807, 2.05) is 0 Å². The van der Waals surface area contributed by atoms with Crippen molar-refractivity contribution in [3.05, 3.63) is 0 Å². The van der Waals surface area contributed by atoms with Crippen molar-refractivity contribution in [2.24, 2.45) is 0 Å². The highest BCUT2D eigenvalue weighted by Crippen LogP contribution is 2.44. The molecule has 6 N–H and O–H groups in total. The molecule has 0 aliphatic heterocycles. The van der Waals surface area contributed by atoms with E-state index in [-0.39, 0.29) is 5.48 Å². The van der Waals surface area contributed by atoms with Gasteiger partial charge in [-0.2, -0.15) is 0 Å². The third kappa shape index (κ3) is 32.2. The number of phosphoric acid groups is 1. The second-order valence-corrected chi connectivity index (χ2v) is 7.72. The van der Waals surface area contributed by atoms with Gasteiger partial charge in [0.1, 0.15) is 0 Å². The summed E-state index contributed by atoms with van der Waals surface area (Å²) in [5.41, 5.74) is 0.